The molecule has 0 aliphatic heterocycles. The second kappa shape index (κ2) is 10.6. The number of unbranched alkanes of at least 4 members (excludes halogenated alkanes) is 1. The van der Waals surface area contributed by atoms with Crippen molar-refractivity contribution in [2.45, 2.75) is 51.6 Å². The molecular weight excluding hydrogens is 328 g/mol. The van der Waals surface area contributed by atoms with E-state index >= 15 is 0 Å². The van der Waals surface area contributed by atoms with E-state index in [1.807, 2.05) is 24.3 Å². The number of esters is 1. The van der Waals surface area contributed by atoms with Gasteiger partial charge in [0.2, 0.25) is 0 Å². The first-order valence-corrected chi connectivity index (χ1v) is 9.15. The van der Waals surface area contributed by atoms with Gasteiger partial charge in [0.25, 0.3) is 0 Å². The molecule has 0 saturated carbocycles. The lowest BCUT2D eigenvalue weighted by atomic mass is 10.0. The van der Waals surface area contributed by atoms with Gasteiger partial charge in [-0.15, -0.1) is 0 Å². The molecule has 0 fully saturated rings. The van der Waals surface area contributed by atoms with E-state index in [4.69, 9.17) is 9.47 Å². The third-order valence-corrected chi connectivity index (χ3v) is 4.36. The number of aryl methyl sites for hydroxylation is 2. The first-order valence-electron chi connectivity index (χ1n) is 9.15. The van der Waals surface area contributed by atoms with Crippen molar-refractivity contribution in [3.63, 3.8) is 0 Å². The monoisotopic (exact) mass is 356 g/mol. The lowest BCUT2D eigenvalue weighted by molar-refractivity contribution is -0.131. The lowest BCUT2D eigenvalue weighted by Gasteiger charge is -2.11. The van der Waals surface area contributed by atoms with Gasteiger partial charge in [-0.2, -0.15) is 0 Å². The second-order valence-corrected chi connectivity index (χ2v) is 6.52. The van der Waals surface area contributed by atoms with Gasteiger partial charge in [0.1, 0.15) is 11.5 Å². The Morgan fingerprint density at radius 1 is 0.885 bits per heavy atom. The summed E-state index contributed by atoms with van der Waals surface area (Å²) in [6.07, 6.45) is 5.21. The average Bonchev–Trinajstić information content (AvgIpc) is 2.65. The number of methoxy groups -OCH3 is 1. The summed E-state index contributed by atoms with van der Waals surface area (Å²) >= 11 is 0. The number of aliphatic hydroxyl groups is 1. The first kappa shape index (κ1) is 20.0. The molecule has 2 aromatic carbocycles. The van der Waals surface area contributed by atoms with Crippen LogP contribution in [0.4, 0.5) is 0 Å². The van der Waals surface area contributed by atoms with Crippen molar-refractivity contribution in [3.05, 3.63) is 59.7 Å². The highest BCUT2D eigenvalue weighted by molar-refractivity contribution is 5.69. The smallest absolute Gasteiger partial charge is 0.308 e. The molecule has 4 heteroatoms. The third kappa shape index (κ3) is 7.28. The highest BCUT2D eigenvalue weighted by atomic mass is 16.5. The SMILES string of the molecule is COc1ccc(CCCC[C@@H](O)CCc2ccc(OC(C)=O)cc2)cc1. The molecule has 26 heavy (non-hydrogen) atoms. The van der Waals surface area contributed by atoms with Gasteiger partial charge in [0.15, 0.2) is 0 Å². The number of carbonyl (C=O) groups excluding carboxylic acids is 1. The molecule has 2 rings (SSSR count). The van der Waals surface area contributed by atoms with Crippen LogP contribution in [0.3, 0.4) is 0 Å². The van der Waals surface area contributed by atoms with Crippen molar-refractivity contribution in [3.8, 4) is 11.5 Å². The minimum Gasteiger partial charge on any atom is -0.497 e. The van der Waals surface area contributed by atoms with E-state index in [2.05, 4.69) is 12.1 Å². The maximum absolute atomic E-state index is 10.9. The summed E-state index contributed by atoms with van der Waals surface area (Å²) < 4.78 is 10.2. The second-order valence-electron chi connectivity index (χ2n) is 6.52. The average molecular weight is 356 g/mol. The fourth-order valence-electron chi connectivity index (χ4n) is 2.87. The molecule has 0 unspecified atom stereocenters. The Balaban J connectivity index is 1.62. The quantitative estimate of drug-likeness (QED) is 0.391. The Labute approximate surface area is 155 Å². The molecule has 0 aliphatic carbocycles. The van der Waals surface area contributed by atoms with Crippen LogP contribution in [-0.4, -0.2) is 24.3 Å². The van der Waals surface area contributed by atoms with Crippen molar-refractivity contribution < 1.29 is 19.4 Å². The van der Waals surface area contributed by atoms with Gasteiger partial charge < -0.3 is 14.6 Å². The number of benzene rings is 2. The van der Waals surface area contributed by atoms with Crippen LogP contribution >= 0.6 is 0 Å². The highest BCUT2D eigenvalue weighted by Gasteiger charge is 2.06. The predicted molar refractivity (Wildman–Crippen MR) is 103 cm³/mol. The lowest BCUT2D eigenvalue weighted by Crippen LogP contribution is -2.08. The van der Waals surface area contributed by atoms with Gasteiger partial charge in [0, 0.05) is 6.92 Å². The van der Waals surface area contributed by atoms with Crippen LogP contribution in [0.25, 0.3) is 0 Å². The molecule has 140 valence electrons. The largest absolute Gasteiger partial charge is 0.497 e. The molecule has 4 nitrogen and oxygen atoms in total. The molecule has 0 heterocycles. The Morgan fingerprint density at radius 3 is 2.04 bits per heavy atom. The highest BCUT2D eigenvalue weighted by Crippen LogP contribution is 2.17. The maximum Gasteiger partial charge on any atom is 0.308 e. The van der Waals surface area contributed by atoms with E-state index in [1.54, 1.807) is 19.2 Å². The van der Waals surface area contributed by atoms with Crippen LogP contribution in [0.15, 0.2) is 48.5 Å². The standard InChI is InChI=1S/C22H28O4/c1-17(23)26-22-15-10-19(11-16-22)7-12-20(24)6-4-3-5-18-8-13-21(25-2)14-9-18/h8-11,13-16,20,24H,3-7,12H2,1-2H3/t20-/m1/s1. The van der Waals surface area contributed by atoms with E-state index in [-0.39, 0.29) is 12.1 Å². The predicted octanol–water partition coefficient (Wildman–Crippen LogP) is 4.33. The van der Waals surface area contributed by atoms with Gasteiger partial charge in [0.05, 0.1) is 13.2 Å². The normalized spacial score (nSPS) is 11.8. The minimum atomic E-state index is -0.317. The number of hydrogen-bond acceptors (Lipinski definition) is 4. The number of ether oxygens (including phenoxy) is 2. The molecule has 0 aromatic heterocycles. The van der Waals surface area contributed by atoms with Crippen LogP contribution in [0, 0.1) is 0 Å². The van der Waals surface area contributed by atoms with Gasteiger partial charge in [-0.05, 0) is 67.5 Å². The van der Waals surface area contributed by atoms with Crippen LogP contribution < -0.4 is 9.47 Å². The summed E-state index contributed by atoms with van der Waals surface area (Å²) in [6, 6.07) is 15.6. The molecule has 1 N–H and O–H groups in total. The fraction of sp³-hybridized carbons (Fsp3) is 0.409. The molecule has 0 saturated heterocycles. The van der Waals surface area contributed by atoms with E-state index in [9.17, 15) is 9.90 Å². The van der Waals surface area contributed by atoms with Gasteiger partial charge in [-0.3, -0.25) is 4.79 Å². The zero-order chi connectivity index (χ0) is 18.8. The Morgan fingerprint density at radius 2 is 1.46 bits per heavy atom. The Hall–Kier alpha value is -2.33. The molecule has 0 aliphatic rings. The summed E-state index contributed by atoms with van der Waals surface area (Å²) in [6.45, 7) is 1.39. The summed E-state index contributed by atoms with van der Waals surface area (Å²) in [5.41, 5.74) is 2.44. The van der Waals surface area contributed by atoms with E-state index in [1.165, 1.54) is 12.5 Å². The van der Waals surface area contributed by atoms with Crippen LogP contribution in [0.5, 0.6) is 11.5 Å². The van der Waals surface area contributed by atoms with Gasteiger partial charge in [-0.1, -0.05) is 30.7 Å². The van der Waals surface area contributed by atoms with E-state index < -0.39 is 0 Å². The van der Waals surface area contributed by atoms with Crippen LogP contribution in [0.1, 0.15) is 43.7 Å². The number of carbonyl (C=O) groups is 1. The Bertz CT molecular complexity index is 662. The minimum absolute atomic E-state index is 0.279. The molecule has 2 aromatic rings. The van der Waals surface area contributed by atoms with Crippen molar-refractivity contribution in [1.29, 1.82) is 0 Å². The van der Waals surface area contributed by atoms with Gasteiger partial charge in [-0.25, -0.2) is 0 Å². The topological polar surface area (TPSA) is 55.8 Å². The van der Waals surface area contributed by atoms with Gasteiger partial charge >= 0.3 is 5.97 Å². The number of aliphatic hydroxyl groups excluding tert-OH is 1. The summed E-state index contributed by atoms with van der Waals surface area (Å²) in [5.74, 6) is 1.12. The van der Waals surface area contributed by atoms with Crippen molar-refractivity contribution in [2.75, 3.05) is 7.11 Å². The molecular formula is C22H28O4. The van der Waals surface area contributed by atoms with E-state index in [0.29, 0.717) is 5.75 Å². The van der Waals surface area contributed by atoms with E-state index in [0.717, 1.165) is 49.8 Å². The number of hydrogen-bond donors (Lipinski definition) is 1. The summed E-state index contributed by atoms with van der Waals surface area (Å²) in [7, 11) is 1.67. The summed E-state index contributed by atoms with van der Waals surface area (Å²) in [4.78, 5) is 10.9. The van der Waals surface area contributed by atoms with Crippen molar-refractivity contribution >= 4 is 5.97 Å². The Kier molecular flexibility index (Phi) is 8.16. The molecule has 0 bridgehead atoms. The zero-order valence-corrected chi connectivity index (χ0v) is 15.6. The van der Waals surface area contributed by atoms with Crippen LogP contribution in [-0.2, 0) is 17.6 Å². The first-order chi connectivity index (χ1) is 12.6. The molecule has 0 amide bonds. The summed E-state index contributed by atoms with van der Waals surface area (Å²) in [5, 5.41) is 10.2. The van der Waals surface area contributed by atoms with Crippen molar-refractivity contribution in [1.82, 2.24) is 0 Å². The van der Waals surface area contributed by atoms with Crippen LogP contribution in [0.2, 0.25) is 0 Å². The number of rotatable bonds is 10. The molecule has 0 radical (unpaired) electrons. The molecule has 1 atom stereocenters. The maximum atomic E-state index is 10.9. The van der Waals surface area contributed by atoms with Crippen molar-refractivity contribution in [2.24, 2.45) is 0 Å². The molecule has 0 spiro atoms. The third-order valence-electron chi connectivity index (χ3n) is 4.36. The fourth-order valence-corrected chi connectivity index (χ4v) is 2.87. The zero-order valence-electron chi connectivity index (χ0n) is 15.6.